The van der Waals surface area contributed by atoms with Crippen molar-refractivity contribution < 1.29 is 12.6 Å². The summed E-state index contributed by atoms with van der Waals surface area (Å²) < 4.78 is 28.3. The van der Waals surface area contributed by atoms with E-state index in [0.717, 1.165) is 19.3 Å². The normalized spacial score (nSPS) is 22.9. The van der Waals surface area contributed by atoms with Gasteiger partial charge in [0.05, 0.1) is 12.9 Å². The lowest BCUT2D eigenvalue weighted by Crippen LogP contribution is -2.19. The molecule has 1 saturated carbocycles. The van der Waals surface area contributed by atoms with Crippen molar-refractivity contribution in [2.24, 2.45) is 11.1 Å². The SMILES string of the molecule is Nc1ncnc2c1ncn2[C@H]1CC[C@@H](COS(N)(=O)=O)C1. The zero-order chi connectivity index (χ0) is 15.0. The van der Waals surface area contributed by atoms with Gasteiger partial charge in [0.15, 0.2) is 11.5 Å². The summed E-state index contributed by atoms with van der Waals surface area (Å²) in [5, 5.41) is 4.84. The van der Waals surface area contributed by atoms with Crippen molar-refractivity contribution >= 4 is 27.3 Å². The van der Waals surface area contributed by atoms with Crippen LogP contribution in [0.15, 0.2) is 12.7 Å². The van der Waals surface area contributed by atoms with Crippen LogP contribution in [-0.2, 0) is 14.5 Å². The number of rotatable bonds is 4. The fourth-order valence-corrected chi connectivity index (χ4v) is 3.16. The molecular formula is C11H16N6O3S. The van der Waals surface area contributed by atoms with Gasteiger partial charge in [0.25, 0.3) is 0 Å². The molecule has 21 heavy (non-hydrogen) atoms. The molecule has 4 N–H and O–H groups in total. The van der Waals surface area contributed by atoms with Gasteiger partial charge in [-0.15, -0.1) is 0 Å². The number of nitrogen functional groups attached to an aromatic ring is 1. The van der Waals surface area contributed by atoms with E-state index in [4.69, 9.17) is 10.9 Å². The van der Waals surface area contributed by atoms with Crippen LogP contribution >= 0.6 is 0 Å². The third-order valence-electron chi connectivity index (χ3n) is 3.76. The molecule has 2 atom stereocenters. The van der Waals surface area contributed by atoms with E-state index in [1.54, 1.807) is 6.33 Å². The van der Waals surface area contributed by atoms with Crippen LogP contribution in [0.2, 0.25) is 0 Å². The van der Waals surface area contributed by atoms with Crippen molar-refractivity contribution in [2.45, 2.75) is 25.3 Å². The zero-order valence-electron chi connectivity index (χ0n) is 11.2. The highest BCUT2D eigenvalue weighted by atomic mass is 32.2. The first-order chi connectivity index (χ1) is 9.94. The van der Waals surface area contributed by atoms with Crippen LogP contribution in [0.4, 0.5) is 5.82 Å². The van der Waals surface area contributed by atoms with Crippen molar-refractivity contribution in [3.05, 3.63) is 12.7 Å². The van der Waals surface area contributed by atoms with Gasteiger partial charge in [-0.2, -0.15) is 8.42 Å². The molecule has 0 unspecified atom stereocenters. The highest BCUT2D eigenvalue weighted by molar-refractivity contribution is 7.84. The molecule has 0 bridgehead atoms. The molecule has 1 aliphatic carbocycles. The highest BCUT2D eigenvalue weighted by Gasteiger charge is 2.28. The van der Waals surface area contributed by atoms with Crippen LogP contribution in [-0.4, -0.2) is 34.5 Å². The molecule has 0 radical (unpaired) electrons. The summed E-state index contributed by atoms with van der Waals surface area (Å²) in [5.74, 6) is 0.496. The van der Waals surface area contributed by atoms with Crippen LogP contribution in [0.1, 0.15) is 25.3 Å². The molecule has 2 aromatic rings. The van der Waals surface area contributed by atoms with Crippen LogP contribution in [0.5, 0.6) is 0 Å². The number of nitrogens with zero attached hydrogens (tertiary/aromatic N) is 4. The number of hydrogen-bond acceptors (Lipinski definition) is 7. The van der Waals surface area contributed by atoms with E-state index in [0.29, 0.717) is 17.0 Å². The van der Waals surface area contributed by atoms with Gasteiger partial charge in [0, 0.05) is 6.04 Å². The van der Waals surface area contributed by atoms with E-state index in [-0.39, 0.29) is 18.6 Å². The number of nitrogens with two attached hydrogens (primary N) is 2. The summed E-state index contributed by atoms with van der Waals surface area (Å²) in [6.07, 6.45) is 5.65. The highest BCUT2D eigenvalue weighted by Crippen LogP contribution is 2.36. The number of anilines is 1. The molecule has 0 spiro atoms. The summed E-state index contributed by atoms with van der Waals surface area (Å²) in [6, 6.07) is 0.193. The monoisotopic (exact) mass is 312 g/mol. The van der Waals surface area contributed by atoms with Crippen LogP contribution in [0, 0.1) is 5.92 Å². The van der Waals surface area contributed by atoms with Crippen molar-refractivity contribution in [1.82, 2.24) is 19.5 Å². The van der Waals surface area contributed by atoms with Crippen molar-refractivity contribution in [3.8, 4) is 0 Å². The Bertz CT molecular complexity index is 758. The summed E-state index contributed by atoms with van der Waals surface area (Å²) in [4.78, 5) is 12.4. The van der Waals surface area contributed by atoms with Gasteiger partial charge in [-0.3, -0.25) is 4.18 Å². The summed E-state index contributed by atoms with van der Waals surface area (Å²) in [6.45, 7) is 0.110. The Morgan fingerprint density at radius 1 is 1.33 bits per heavy atom. The average Bonchev–Trinajstić information content (AvgIpc) is 3.02. The molecule has 0 amide bonds. The van der Waals surface area contributed by atoms with Crippen molar-refractivity contribution in [2.75, 3.05) is 12.3 Å². The Hall–Kier alpha value is -1.78. The van der Waals surface area contributed by atoms with Gasteiger partial charge < -0.3 is 10.3 Å². The Balaban J connectivity index is 1.75. The maximum Gasteiger partial charge on any atom is 0.333 e. The van der Waals surface area contributed by atoms with E-state index in [1.165, 1.54) is 6.33 Å². The lowest BCUT2D eigenvalue weighted by molar-refractivity contribution is 0.253. The Morgan fingerprint density at radius 3 is 2.90 bits per heavy atom. The molecule has 9 nitrogen and oxygen atoms in total. The molecule has 2 heterocycles. The summed E-state index contributed by atoms with van der Waals surface area (Å²) in [7, 11) is -3.88. The Morgan fingerprint density at radius 2 is 2.14 bits per heavy atom. The van der Waals surface area contributed by atoms with E-state index < -0.39 is 10.3 Å². The lowest BCUT2D eigenvalue weighted by Gasteiger charge is -2.13. The minimum Gasteiger partial charge on any atom is -0.382 e. The standard InChI is InChI=1S/C11H16N6O3S/c12-10-9-11(15-5-14-10)17(6-16-9)8-2-1-7(3-8)4-20-21(13,18)19/h5-8H,1-4H2,(H2,12,14,15)(H2,13,18,19)/t7-,8+/m1/s1. The topological polar surface area (TPSA) is 139 Å². The van der Waals surface area contributed by atoms with Crippen LogP contribution in [0.25, 0.3) is 11.2 Å². The van der Waals surface area contributed by atoms with E-state index in [1.807, 2.05) is 4.57 Å². The second-order valence-electron chi connectivity index (χ2n) is 5.19. The fraction of sp³-hybridized carbons (Fsp3) is 0.545. The molecule has 1 fully saturated rings. The first-order valence-corrected chi connectivity index (χ1v) is 8.01. The van der Waals surface area contributed by atoms with E-state index in [2.05, 4.69) is 19.1 Å². The molecule has 114 valence electrons. The molecule has 3 rings (SSSR count). The maximum absolute atomic E-state index is 10.8. The number of fused-ring (bicyclic) bond motifs is 1. The smallest absolute Gasteiger partial charge is 0.333 e. The second kappa shape index (κ2) is 5.20. The predicted molar refractivity (Wildman–Crippen MR) is 75.2 cm³/mol. The Labute approximate surface area is 121 Å². The first-order valence-electron chi connectivity index (χ1n) is 6.54. The lowest BCUT2D eigenvalue weighted by atomic mass is 10.1. The van der Waals surface area contributed by atoms with Gasteiger partial charge in [0.1, 0.15) is 11.8 Å². The van der Waals surface area contributed by atoms with E-state index in [9.17, 15) is 8.42 Å². The fourth-order valence-electron chi connectivity index (χ4n) is 2.78. The van der Waals surface area contributed by atoms with Gasteiger partial charge in [-0.1, -0.05) is 0 Å². The van der Waals surface area contributed by atoms with Gasteiger partial charge in [0.2, 0.25) is 0 Å². The number of hydrogen-bond donors (Lipinski definition) is 2. The van der Waals surface area contributed by atoms with Gasteiger partial charge >= 0.3 is 10.3 Å². The van der Waals surface area contributed by atoms with Gasteiger partial charge in [-0.05, 0) is 25.2 Å². The molecule has 0 aliphatic heterocycles. The zero-order valence-corrected chi connectivity index (χ0v) is 12.0. The van der Waals surface area contributed by atoms with E-state index >= 15 is 0 Å². The quantitative estimate of drug-likeness (QED) is 0.808. The average molecular weight is 312 g/mol. The predicted octanol–water partition coefficient (Wildman–Crippen LogP) is -0.0302. The maximum atomic E-state index is 10.8. The molecule has 0 aromatic carbocycles. The third-order valence-corrected chi connectivity index (χ3v) is 4.23. The molecule has 1 aliphatic rings. The van der Waals surface area contributed by atoms with Crippen molar-refractivity contribution in [1.29, 1.82) is 0 Å². The largest absolute Gasteiger partial charge is 0.382 e. The molecule has 2 aromatic heterocycles. The minimum atomic E-state index is -3.88. The Kier molecular flexibility index (Phi) is 3.51. The van der Waals surface area contributed by atoms with Crippen LogP contribution < -0.4 is 10.9 Å². The number of aromatic nitrogens is 4. The summed E-state index contributed by atoms with van der Waals surface area (Å²) in [5.41, 5.74) is 7.04. The second-order valence-corrected chi connectivity index (χ2v) is 6.41. The van der Waals surface area contributed by atoms with Crippen LogP contribution in [0.3, 0.4) is 0 Å². The first kappa shape index (κ1) is 14.2. The minimum absolute atomic E-state index is 0.110. The van der Waals surface area contributed by atoms with Crippen molar-refractivity contribution in [3.63, 3.8) is 0 Å². The molecular weight excluding hydrogens is 296 g/mol. The van der Waals surface area contributed by atoms with Gasteiger partial charge in [-0.25, -0.2) is 20.1 Å². The number of imidazole rings is 1. The molecule has 10 heteroatoms. The summed E-state index contributed by atoms with van der Waals surface area (Å²) >= 11 is 0. The third kappa shape index (κ3) is 2.96. The molecule has 0 saturated heterocycles.